The van der Waals surface area contributed by atoms with E-state index in [-0.39, 0.29) is 17.6 Å². The number of fused-ring (bicyclic) bond motifs is 1. The van der Waals surface area contributed by atoms with Gasteiger partial charge < -0.3 is 4.90 Å². The van der Waals surface area contributed by atoms with Crippen molar-refractivity contribution < 1.29 is 9.18 Å². The van der Waals surface area contributed by atoms with Crippen molar-refractivity contribution in [3.05, 3.63) is 77.2 Å². The minimum absolute atomic E-state index is 0.0650. The van der Waals surface area contributed by atoms with Gasteiger partial charge in [0.2, 0.25) is 0 Å². The van der Waals surface area contributed by atoms with E-state index in [0.29, 0.717) is 12.1 Å². The molecule has 0 saturated heterocycles. The number of nitrogens with zero attached hydrogens (tertiary/aromatic N) is 2. The maximum atomic E-state index is 13.1. The summed E-state index contributed by atoms with van der Waals surface area (Å²) in [6.07, 6.45) is 0. The van der Waals surface area contributed by atoms with Gasteiger partial charge in [0.05, 0.1) is 11.1 Å². The van der Waals surface area contributed by atoms with Gasteiger partial charge in [-0.3, -0.25) is 9.78 Å². The largest absolute Gasteiger partial charge is 0.337 e. The van der Waals surface area contributed by atoms with Crippen LogP contribution in [-0.2, 0) is 6.54 Å². The minimum atomic E-state index is -0.278. The fraction of sp³-hybridized carbons (Fsp3) is 0.238. The van der Waals surface area contributed by atoms with Crippen LogP contribution < -0.4 is 0 Å². The summed E-state index contributed by atoms with van der Waals surface area (Å²) >= 11 is 0. The summed E-state index contributed by atoms with van der Waals surface area (Å²) in [6.45, 7) is 4.55. The van der Waals surface area contributed by atoms with Crippen molar-refractivity contribution >= 4 is 16.8 Å². The second kappa shape index (κ2) is 7.01. The van der Waals surface area contributed by atoms with E-state index in [9.17, 15) is 9.18 Å². The number of para-hydroxylation sites is 1. The lowest BCUT2D eigenvalue weighted by molar-refractivity contribution is 0.0787. The standard InChI is InChI=1S/C21H21FN2O/c1-14(2)20-12-18(17-6-4-5-7-19(17)23-20)21(25)24(3)13-15-8-10-16(22)11-9-15/h4-12,14H,13H2,1-3H3. The van der Waals surface area contributed by atoms with Gasteiger partial charge in [0, 0.05) is 24.7 Å². The van der Waals surface area contributed by atoms with Crippen LogP contribution in [0.2, 0.25) is 0 Å². The number of carbonyl (C=O) groups is 1. The maximum Gasteiger partial charge on any atom is 0.254 e. The molecule has 0 unspecified atom stereocenters. The van der Waals surface area contributed by atoms with Gasteiger partial charge in [-0.15, -0.1) is 0 Å². The van der Waals surface area contributed by atoms with E-state index in [1.165, 1.54) is 12.1 Å². The average molecular weight is 336 g/mol. The van der Waals surface area contributed by atoms with Gasteiger partial charge in [0.1, 0.15) is 5.82 Å². The van der Waals surface area contributed by atoms with Crippen LogP contribution in [0, 0.1) is 5.82 Å². The van der Waals surface area contributed by atoms with Gasteiger partial charge in [0.15, 0.2) is 0 Å². The van der Waals surface area contributed by atoms with Crippen molar-refractivity contribution in [3.8, 4) is 0 Å². The van der Waals surface area contributed by atoms with E-state index < -0.39 is 0 Å². The zero-order valence-corrected chi connectivity index (χ0v) is 14.7. The first-order valence-corrected chi connectivity index (χ1v) is 8.35. The molecule has 0 N–H and O–H groups in total. The lowest BCUT2D eigenvalue weighted by atomic mass is 10.0. The first-order chi connectivity index (χ1) is 12.0. The molecule has 3 nitrogen and oxygen atoms in total. The van der Waals surface area contributed by atoms with E-state index in [4.69, 9.17) is 0 Å². The van der Waals surface area contributed by atoms with E-state index in [1.807, 2.05) is 30.3 Å². The molecule has 1 aromatic heterocycles. The fourth-order valence-corrected chi connectivity index (χ4v) is 2.81. The number of amides is 1. The molecule has 3 rings (SSSR count). The van der Waals surface area contributed by atoms with Gasteiger partial charge in [-0.1, -0.05) is 44.2 Å². The highest BCUT2D eigenvalue weighted by Crippen LogP contribution is 2.24. The van der Waals surface area contributed by atoms with Crippen molar-refractivity contribution in [1.29, 1.82) is 0 Å². The Balaban J connectivity index is 1.96. The van der Waals surface area contributed by atoms with Crippen molar-refractivity contribution in [2.45, 2.75) is 26.3 Å². The molecule has 1 amide bonds. The van der Waals surface area contributed by atoms with Crippen LogP contribution in [0.5, 0.6) is 0 Å². The highest BCUT2D eigenvalue weighted by molar-refractivity contribution is 6.06. The Bertz CT molecular complexity index is 903. The minimum Gasteiger partial charge on any atom is -0.337 e. The van der Waals surface area contributed by atoms with Gasteiger partial charge >= 0.3 is 0 Å². The molecular formula is C21H21FN2O. The smallest absolute Gasteiger partial charge is 0.254 e. The third-order valence-electron chi connectivity index (χ3n) is 4.24. The lowest BCUT2D eigenvalue weighted by Gasteiger charge is -2.19. The Morgan fingerprint density at radius 3 is 2.48 bits per heavy atom. The summed E-state index contributed by atoms with van der Waals surface area (Å²) in [6, 6.07) is 15.8. The zero-order chi connectivity index (χ0) is 18.0. The van der Waals surface area contributed by atoms with Crippen LogP contribution >= 0.6 is 0 Å². The predicted molar refractivity (Wildman–Crippen MR) is 98.0 cm³/mol. The summed E-state index contributed by atoms with van der Waals surface area (Å²) in [5, 5.41) is 0.850. The second-order valence-electron chi connectivity index (χ2n) is 6.55. The van der Waals surface area contributed by atoms with Crippen molar-refractivity contribution in [3.63, 3.8) is 0 Å². The fourth-order valence-electron chi connectivity index (χ4n) is 2.81. The first kappa shape index (κ1) is 17.1. The Labute approximate surface area is 147 Å². The van der Waals surface area contributed by atoms with Gasteiger partial charge in [-0.25, -0.2) is 4.39 Å². The normalized spacial score (nSPS) is 11.1. The number of halogens is 1. The van der Waals surface area contributed by atoms with Crippen LogP contribution in [0.3, 0.4) is 0 Å². The zero-order valence-electron chi connectivity index (χ0n) is 14.7. The van der Waals surface area contributed by atoms with Gasteiger partial charge in [-0.05, 0) is 35.7 Å². The van der Waals surface area contributed by atoms with Gasteiger partial charge in [0.25, 0.3) is 5.91 Å². The number of benzene rings is 2. The van der Waals surface area contributed by atoms with Crippen LogP contribution in [0.1, 0.15) is 41.4 Å². The number of carbonyl (C=O) groups excluding carboxylic acids is 1. The quantitative estimate of drug-likeness (QED) is 0.687. The second-order valence-corrected chi connectivity index (χ2v) is 6.55. The number of hydrogen-bond donors (Lipinski definition) is 0. The Hall–Kier alpha value is -2.75. The van der Waals surface area contributed by atoms with Crippen molar-refractivity contribution in [1.82, 2.24) is 9.88 Å². The highest BCUT2D eigenvalue weighted by atomic mass is 19.1. The molecule has 0 spiro atoms. The van der Waals surface area contributed by atoms with E-state index in [1.54, 1.807) is 24.1 Å². The molecule has 0 radical (unpaired) electrons. The molecule has 3 aromatic rings. The SMILES string of the molecule is CC(C)c1cc(C(=O)N(C)Cc2ccc(F)cc2)c2ccccc2n1. The molecule has 25 heavy (non-hydrogen) atoms. The number of pyridine rings is 1. The average Bonchev–Trinajstić information content (AvgIpc) is 2.62. The molecule has 0 saturated carbocycles. The van der Waals surface area contributed by atoms with E-state index in [0.717, 1.165) is 22.2 Å². The van der Waals surface area contributed by atoms with Crippen LogP contribution in [-0.4, -0.2) is 22.8 Å². The summed E-state index contributed by atoms with van der Waals surface area (Å²) in [4.78, 5) is 19.3. The molecule has 128 valence electrons. The maximum absolute atomic E-state index is 13.1. The summed E-state index contributed by atoms with van der Waals surface area (Å²) in [7, 11) is 1.76. The van der Waals surface area contributed by atoms with Crippen LogP contribution in [0.15, 0.2) is 54.6 Å². The molecule has 0 aliphatic heterocycles. The topological polar surface area (TPSA) is 33.2 Å². The molecule has 0 fully saturated rings. The van der Waals surface area contributed by atoms with Gasteiger partial charge in [-0.2, -0.15) is 0 Å². The summed E-state index contributed by atoms with van der Waals surface area (Å²) in [5.74, 6) is -0.109. The Kier molecular flexibility index (Phi) is 4.79. The molecule has 4 heteroatoms. The predicted octanol–water partition coefficient (Wildman–Crippen LogP) is 4.77. The Morgan fingerprint density at radius 2 is 1.80 bits per heavy atom. The van der Waals surface area contributed by atoms with E-state index in [2.05, 4.69) is 18.8 Å². The third kappa shape index (κ3) is 3.68. The number of rotatable bonds is 4. The molecular weight excluding hydrogens is 315 g/mol. The molecule has 1 heterocycles. The lowest BCUT2D eigenvalue weighted by Crippen LogP contribution is -2.26. The highest BCUT2D eigenvalue weighted by Gasteiger charge is 2.18. The molecule has 0 aliphatic carbocycles. The summed E-state index contributed by atoms with van der Waals surface area (Å²) < 4.78 is 13.1. The van der Waals surface area contributed by atoms with Crippen molar-refractivity contribution in [2.75, 3.05) is 7.05 Å². The molecule has 0 bridgehead atoms. The van der Waals surface area contributed by atoms with Crippen molar-refractivity contribution in [2.24, 2.45) is 0 Å². The number of hydrogen-bond acceptors (Lipinski definition) is 2. The van der Waals surface area contributed by atoms with Crippen LogP contribution in [0.25, 0.3) is 10.9 Å². The summed E-state index contributed by atoms with van der Waals surface area (Å²) in [5.41, 5.74) is 3.27. The van der Waals surface area contributed by atoms with Crippen LogP contribution in [0.4, 0.5) is 4.39 Å². The third-order valence-corrected chi connectivity index (χ3v) is 4.24. The monoisotopic (exact) mass is 336 g/mol. The molecule has 2 aromatic carbocycles. The molecule has 0 aliphatic rings. The molecule has 0 atom stereocenters. The number of aromatic nitrogens is 1. The Morgan fingerprint density at radius 1 is 1.12 bits per heavy atom. The first-order valence-electron chi connectivity index (χ1n) is 8.35. The van der Waals surface area contributed by atoms with E-state index >= 15 is 0 Å².